The van der Waals surface area contributed by atoms with E-state index in [0.29, 0.717) is 0 Å². The molecule has 0 unspecified atom stereocenters. The molecule has 0 spiro atoms. The summed E-state index contributed by atoms with van der Waals surface area (Å²) in [5.41, 5.74) is 0. The Morgan fingerprint density at radius 1 is 1.13 bits per heavy atom. The molecule has 0 aliphatic carbocycles. The molecule has 84 valence electrons. The molecular formula is C9H14N2O4. The van der Waals surface area contributed by atoms with Crippen molar-refractivity contribution in [2.75, 3.05) is 27.7 Å². The van der Waals surface area contributed by atoms with Crippen LogP contribution in [0, 0.1) is 0 Å². The maximum atomic E-state index is 11.2. The highest BCUT2D eigenvalue weighted by Crippen LogP contribution is 1.90. The third-order valence-electron chi connectivity index (χ3n) is 1.62. The van der Waals surface area contributed by atoms with Crippen LogP contribution in [0.25, 0.3) is 0 Å². The number of carboxylic acids is 1. The van der Waals surface area contributed by atoms with Crippen LogP contribution in [0.4, 0.5) is 0 Å². The summed E-state index contributed by atoms with van der Waals surface area (Å²) in [6.45, 7) is -0.0736. The van der Waals surface area contributed by atoms with Gasteiger partial charge in [-0.05, 0) is 0 Å². The first-order chi connectivity index (χ1) is 6.84. The van der Waals surface area contributed by atoms with Crippen molar-refractivity contribution >= 4 is 17.8 Å². The molecule has 0 radical (unpaired) electrons. The van der Waals surface area contributed by atoms with Crippen LogP contribution >= 0.6 is 0 Å². The van der Waals surface area contributed by atoms with E-state index in [1.807, 2.05) is 0 Å². The summed E-state index contributed by atoms with van der Waals surface area (Å²) in [5, 5.41) is 8.28. The van der Waals surface area contributed by atoms with E-state index in [2.05, 4.69) is 0 Å². The molecule has 0 bridgehead atoms. The van der Waals surface area contributed by atoms with Crippen molar-refractivity contribution < 1.29 is 19.5 Å². The predicted octanol–water partition coefficient (Wildman–Crippen LogP) is -0.826. The first-order valence-electron chi connectivity index (χ1n) is 4.21. The quantitative estimate of drug-likeness (QED) is 0.620. The summed E-state index contributed by atoms with van der Waals surface area (Å²) >= 11 is 0. The second-order valence-corrected chi connectivity index (χ2v) is 3.15. The molecule has 0 aliphatic heterocycles. The van der Waals surface area contributed by atoms with Crippen molar-refractivity contribution in [1.29, 1.82) is 0 Å². The van der Waals surface area contributed by atoms with Gasteiger partial charge in [0.2, 0.25) is 11.8 Å². The minimum absolute atomic E-state index is 0.0736. The Balaban J connectivity index is 4.22. The van der Waals surface area contributed by atoms with E-state index in [4.69, 9.17) is 5.11 Å². The van der Waals surface area contributed by atoms with Crippen molar-refractivity contribution in [2.45, 2.75) is 0 Å². The number of likely N-dealkylation sites (N-methyl/N-ethyl adjacent to an activating group) is 2. The van der Waals surface area contributed by atoms with Crippen LogP contribution in [0.15, 0.2) is 12.2 Å². The topological polar surface area (TPSA) is 77.9 Å². The Morgan fingerprint density at radius 2 is 1.67 bits per heavy atom. The zero-order valence-corrected chi connectivity index (χ0v) is 8.93. The van der Waals surface area contributed by atoms with Crippen molar-refractivity contribution in [2.24, 2.45) is 0 Å². The molecule has 0 aromatic carbocycles. The molecule has 0 aliphatic rings. The number of carboxylic acid groups (broad SMARTS) is 1. The molecule has 2 amide bonds. The lowest BCUT2D eigenvalue weighted by Gasteiger charge is -2.17. The lowest BCUT2D eigenvalue weighted by molar-refractivity contribution is -0.135. The fourth-order valence-electron chi connectivity index (χ4n) is 0.692. The van der Waals surface area contributed by atoms with E-state index in [0.717, 1.165) is 17.1 Å². The van der Waals surface area contributed by atoms with Gasteiger partial charge in [0.1, 0.15) is 0 Å². The zero-order valence-electron chi connectivity index (χ0n) is 8.93. The number of carbonyl (C=O) groups is 3. The Bertz CT molecular complexity index is 296. The molecule has 0 fully saturated rings. The molecular weight excluding hydrogens is 200 g/mol. The largest absolute Gasteiger partial charge is 0.478 e. The molecule has 0 aromatic rings. The van der Waals surface area contributed by atoms with Gasteiger partial charge in [0, 0.05) is 33.3 Å². The smallest absolute Gasteiger partial charge is 0.328 e. The number of nitrogens with zero attached hydrogens (tertiary/aromatic N) is 2. The molecule has 0 atom stereocenters. The molecule has 6 heteroatoms. The number of rotatable bonds is 4. The third-order valence-corrected chi connectivity index (χ3v) is 1.62. The Labute approximate surface area is 87.8 Å². The fraction of sp³-hybridized carbons (Fsp3) is 0.444. The van der Waals surface area contributed by atoms with Crippen LogP contribution in [0.2, 0.25) is 0 Å². The number of aliphatic carboxylic acids is 1. The summed E-state index contributed by atoms with van der Waals surface area (Å²) in [6.07, 6.45) is 1.64. The second kappa shape index (κ2) is 5.79. The molecule has 0 heterocycles. The number of hydrogen-bond donors (Lipinski definition) is 1. The van der Waals surface area contributed by atoms with Crippen LogP contribution in [0.1, 0.15) is 0 Å². The van der Waals surface area contributed by atoms with Crippen LogP contribution in [-0.4, -0.2) is 60.4 Å². The Kier molecular flexibility index (Phi) is 5.08. The van der Waals surface area contributed by atoms with Crippen molar-refractivity contribution in [1.82, 2.24) is 9.80 Å². The second-order valence-electron chi connectivity index (χ2n) is 3.15. The molecule has 0 saturated heterocycles. The summed E-state index contributed by atoms with van der Waals surface area (Å²) in [5.74, 6) is -1.95. The van der Waals surface area contributed by atoms with E-state index in [1.54, 1.807) is 14.1 Å². The van der Waals surface area contributed by atoms with Gasteiger partial charge in [-0.25, -0.2) is 4.79 Å². The van der Waals surface area contributed by atoms with E-state index in [-0.39, 0.29) is 12.5 Å². The number of hydrogen-bond acceptors (Lipinski definition) is 3. The summed E-state index contributed by atoms with van der Waals surface area (Å²) in [6, 6.07) is 0. The van der Waals surface area contributed by atoms with Gasteiger partial charge < -0.3 is 14.9 Å². The lowest BCUT2D eigenvalue weighted by Crippen LogP contribution is -2.37. The lowest BCUT2D eigenvalue weighted by atomic mass is 10.4. The molecule has 0 aromatic heterocycles. The first-order valence-corrected chi connectivity index (χ1v) is 4.21. The Morgan fingerprint density at radius 3 is 2.07 bits per heavy atom. The van der Waals surface area contributed by atoms with Crippen LogP contribution in [0.3, 0.4) is 0 Å². The minimum atomic E-state index is -1.20. The van der Waals surface area contributed by atoms with Crippen molar-refractivity contribution in [3.05, 3.63) is 12.2 Å². The Hall–Kier alpha value is -1.85. The molecule has 0 saturated carbocycles. The van der Waals surface area contributed by atoms with Gasteiger partial charge in [-0.2, -0.15) is 0 Å². The van der Waals surface area contributed by atoms with Gasteiger partial charge >= 0.3 is 5.97 Å². The first kappa shape index (κ1) is 13.2. The van der Waals surface area contributed by atoms with Crippen molar-refractivity contribution in [3.63, 3.8) is 0 Å². The van der Waals surface area contributed by atoms with E-state index in [1.165, 1.54) is 11.9 Å². The van der Waals surface area contributed by atoms with Gasteiger partial charge in [0.15, 0.2) is 0 Å². The molecule has 0 rings (SSSR count). The van der Waals surface area contributed by atoms with E-state index < -0.39 is 11.9 Å². The predicted molar refractivity (Wildman–Crippen MR) is 53.1 cm³/mol. The maximum Gasteiger partial charge on any atom is 0.328 e. The highest BCUT2D eigenvalue weighted by molar-refractivity contribution is 5.95. The molecule has 1 N–H and O–H groups in total. The highest BCUT2D eigenvalue weighted by Gasteiger charge is 2.11. The van der Waals surface area contributed by atoms with Crippen LogP contribution in [-0.2, 0) is 14.4 Å². The number of carbonyl (C=O) groups excluding carboxylic acids is 2. The monoisotopic (exact) mass is 214 g/mol. The van der Waals surface area contributed by atoms with Crippen LogP contribution in [0.5, 0.6) is 0 Å². The average Bonchev–Trinajstić information content (AvgIpc) is 2.13. The maximum absolute atomic E-state index is 11.2. The third kappa shape index (κ3) is 5.45. The molecule has 6 nitrogen and oxygen atoms in total. The van der Waals surface area contributed by atoms with Gasteiger partial charge in [0.25, 0.3) is 0 Å². The summed E-state index contributed by atoms with van der Waals surface area (Å²) in [7, 11) is 4.58. The van der Waals surface area contributed by atoms with E-state index >= 15 is 0 Å². The standard InChI is InChI=1S/C9H14N2O4/c1-10(2)8(13)6-11(3)7(12)4-5-9(14)15/h4-5H,6H2,1-3H3,(H,14,15)/b5-4+. The fourth-order valence-corrected chi connectivity index (χ4v) is 0.692. The number of amides is 2. The van der Waals surface area contributed by atoms with Gasteiger partial charge in [-0.3, -0.25) is 9.59 Å². The van der Waals surface area contributed by atoms with Gasteiger partial charge in [0.05, 0.1) is 6.54 Å². The minimum Gasteiger partial charge on any atom is -0.478 e. The SMILES string of the molecule is CN(C)C(=O)CN(C)C(=O)/C=C/C(=O)O. The van der Waals surface area contributed by atoms with Crippen molar-refractivity contribution in [3.8, 4) is 0 Å². The summed E-state index contributed by atoms with van der Waals surface area (Å²) in [4.78, 5) is 35.0. The van der Waals surface area contributed by atoms with Gasteiger partial charge in [-0.1, -0.05) is 0 Å². The molecule has 15 heavy (non-hydrogen) atoms. The highest BCUT2D eigenvalue weighted by atomic mass is 16.4. The summed E-state index contributed by atoms with van der Waals surface area (Å²) < 4.78 is 0. The van der Waals surface area contributed by atoms with E-state index in [9.17, 15) is 14.4 Å². The van der Waals surface area contributed by atoms with Gasteiger partial charge in [-0.15, -0.1) is 0 Å². The van der Waals surface area contributed by atoms with Crippen LogP contribution < -0.4 is 0 Å². The normalized spacial score (nSPS) is 10.1. The zero-order chi connectivity index (χ0) is 12.0. The average molecular weight is 214 g/mol.